The van der Waals surface area contributed by atoms with Crippen molar-refractivity contribution in [1.29, 1.82) is 0 Å². The summed E-state index contributed by atoms with van der Waals surface area (Å²) in [6.07, 6.45) is 3.76. The zero-order valence-corrected chi connectivity index (χ0v) is 14.0. The maximum absolute atomic E-state index is 14.6. The fraction of sp³-hybridized carbons (Fsp3) is 0.471. The Morgan fingerprint density at radius 3 is 2.60 bits per heavy atom. The average molecular weight is 350 g/mol. The molecule has 25 heavy (non-hydrogen) atoms. The van der Waals surface area contributed by atoms with E-state index in [-0.39, 0.29) is 18.0 Å². The zero-order chi connectivity index (χ0) is 18.2. The molecule has 1 aromatic heterocycles. The molecule has 134 valence electrons. The topological polar surface area (TPSA) is 83.5 Å². The second-order valence-corrected chi connectivity index (χ2v) is 6.80. The van der Waals surface area contributed by atoms with Crippen LogP contribution in [0.4, 0.5) is 8.78 Å². The molecule has 8 heteroatoms. The Morgan fingerprint density at radius 2 is 2.12 bits per heavy atom. The van der Waals surface area contributed by atoms with E-state index < -0.39 is 22.7 Å². The van der Waals surface area contributed by atoms with Crippen molar-refractivity contribution in [3.05, 3.63) is 48.1 Å². The van der Waals surface area contributed by atoms with Crippen molar-refractivity contribution in [3.63, 3.8) is 0 Å². The van der Waals surface area contributed by atoms with Gasteiger partial charge in [0, 0.05) is 17.0 Å². The monoisotopic (exact) mass is 350 g/mol. The summed E-state index contributed by atoms with van der Waals surface area (Å²) >= 11 is 0. The van der Waals surface area contributed by atoms with Crippen LogP contribution in [0.1, 0.15) is 32.3 Å². The van der Waals surface area contributed by atoms with Gasteiger partial charge in [0.05, 0.1) is 12.3 Å². The van der Waals surface area contributed by atoms with Crippen molar-refractivity contribution in [2.75, 3.05) is 0 Å². The van der Waals surface area contributed by atoms with Crippen LogP contribution >= 0.6 is 0 Å². The van der Waals surface area contributed by atoms with E-state index in [0.717, 1.165) is 12.1 Å². The van der Waals surface area contributed by atoms with Crippen LogP contribution in [-0.4, -0.2) is 30.8 Å². The minimum Gasteiger partial charge on any atom is -0.411 e. The number of halogens is 2. The van der Waals surface area contributed by atoms with Crippen LogP contribution in [0, 0.1) is 23.0 Å². The zero-order valence-electron chi connectivity index (χ0n) is 14.0. The Balaban J connectivity index is 2.16. The third-order valence-electron chi connectivity index (χ3n) is 4.92. The molecule has 0 aliphatic heterocycles. The van der Waals surface area contributed by atoms with Gasteiger partial charge in [-0.3, -0.25) is 0 Å². The second-order valence-electron chi connectivity index (χ2n) is 6.80. The van der Waals surface area contributed by atoms with Crippen molar-refractivity contribution >= 4 is 5.71 Å². The van der Waals surface area contributed by atoms with E-state index >= 15 is 0 Å². The summed E-state index contributed by atoms with van der Waals surface area (Å²) in [7, 11) is 0. The Kier molecular flexibility index (Phi) is 4.32. The number of aromatic nitrogens is 3. The molecule has 1 heterocycles. The predicted octanol–water partition coefficient (Wildman–Crippen LogP) is 2.71. The van der Waals surface area contributed by atoms with E-state index in [4.69, 9.17) is 0 Å². The molecule has 1 aromatic carbocycles. The van der Waals surface area contributed by atoms with Crippen LogP contribution < -0.4 is 0 Å². The van der Waals surface area contributed by atoms with E-state index in [0.29, 0.717) is 18.6 Å². The Morgan fingerprint density at radius 1 is 1.40 bits per heavy atom. The molecule has 6 nitrogen and oxygen atoms in total. The second kappa shape index (κ2) is 6.18. The van der Waals surface area contributed by atoms with Gasteiger partial charge in [-0.2, -0.15) is 5.10 Å². The van der Waals surface area contributed by atoms with Gasteiger partial charge < -0.3 is 10.3 Å². The van der Waals surface area contributed by atoms with E-state index in [1.807, 2.05) is 13.8 Å². The summed E-state index contributed by atoms with van der Waals surface area (Å²) < 4.78 is 29.3. The predicted molar refractivity (Wildman–Crippen MR) is 86.0 cm³/mol. The number of hydrogen-bond donors (Lipinski definition) is 2. The van der Waals surface area contributed by atoms with E-state index in [2.05, 4.69) is 15.2 Å². The lowest BCUT2D eigenvalue weighted by Gasteiger charge is -2.38. The van der Waals surface area contributed by atoms with Gasteiger partial charge in [0.15, 0.2) is 0 Å². The van der Waals surface area contributed by atoms with Crippen LogP contribution in [0.5, 0.6) is 0 Å². The minimum absolute atomic E-state index is 0.0521. The fourth-order valence-corrected chi connectivity index (χ4v) is 3.64. The van der Waals surface area contributed by atoms with Crippen LogP contribution in [-0.2, 0) is 12.1 Å². The molecule has 2 N–H and O–H groups in total. The molecule has 1 fully saturated rings. The van der Waals surface area contributed by atoms with Crippen LogP contribution in [0.2, 0.25) is 0 Å². The summed E-state index contributed by atoms with van der Waals surface area (Å²) in [6.45, 7) is 3.58. The molecule has 1 atom stereocenters. The number of hydrogen-bond acceptors (Lipinski definition) is 5. The maximum Gasteiger partial charge on any atom is 0.137 e. The molecule has 1 saturated carbocycles. The van der Waals surface area contributed by atoms with E-state index in [1.54, 1.807) is 0 Å². The smallest absolute Gasteiger partial charge is 0.137 e. The molecule has 0 amide bonds. The van der Waals surface area contributed by atoms with Gasteiger partial charge >= 0.3 is 0 Å². The Bertz CT molecular complexity index is 788. The lowest BCUT2D eigenvalue weighted by atomic mass is 9.72. The Hall–Kier alpha value is -2.35. The number of nitrogens with zero attached hydrogens (tertiary/aromatic N) is 4. The number of oxime groups is 1. The number of benzene rings is 1. The largest absolute Gasteiger partial charge is 0.411 e. The van der Waals surface area contributed by atoms with Gasteiger partial charge in [-0.25, -0.2) is 18.4 Å². The van der Waals surface area contributed by atoms with Crippen LogP contribution in [0.15, 0.2) is 36.0 Å². The van der Waals surface area contributed by atoms with Crippen molar-refractivity contribution in [2.45, 2.75) is 38.8 Å². The highest BCUT2D eigenvalue weighted by Crippen LogP contribution is 2.61. The van der Waals surface area contributed by atoms with Gasteiger partial charge in [-0.05, 0) is 24.8 Å². The molecule has 0 saturated heterocycles. The lowest BCUT2D eigenvalue weighted by Crippen LogP contribution is -2.47. The van der Waals surface area contributed by atoms with E-state index in [9.17, 15) is 19.1 Å². The lowest BCUT2D eigenvalue weighted by molar-refractivity contribution is -0.0349. The fourth-order valence-electron chi connectivity index (χ4n) is 3.64. The standard InChI is InChI=1S/C17H20F2N4O2/c1-11(2)15(22-25)16(5-6-16)17(24,8-23-10-20-9-21-23)13-4-3-12(18)7-14(13)19/h3-4,7,9-11,24-25H,5-6,8H2,1-2H3. The first-order valence-electron chi connectivity index (χ1n) is 8.07. The molecule has 0 bridgehead atoms. The van der Waals surface area contributed by atoms with Gasteiger partial charge in [0.1, 0.15) is 29.9 Å². The first kappa shape index (κ1) is 17.5. The normalized spacial score (nSPS) is 19.0. The quantitative estimate of drug-likeness (QED) is 0.477. The van der Waals surface area contributed by atoms with Crippen LogP contribution in [0.3, 0.4) is 0 Å². The van der Waals surface area contributed by atoms with Crippen LogP contribution in [0.25, 0.3) is 0 Å². The number of rotatable bonds is 6. The van der Waals surface area contributed by atoms with Crippen molar-refractivity contribution in [1.82, 2.24) is 14.8 Å². The Labute approximate surface area is 143 Å². The highest BCUT2D eigenvalue weighted by Gasteiger charge is 2.64. The average Bonchev–Trinajstić information content (AvgIpc) is 3.18. The maximum atomic E-state index is 14.6. The summed E-state index contributed by atoms with van der Waals surface area (Å²) in [5.41, 5.74) is -2.37. The molecule has 0 radical (unpaired) electrons. The van der Waals surface area contributed by atoms with Crippen molar-refractivity contribution in [3.8, 4) is 0 Å². The summed E-state index contributed by atoms with van der Waals surface area (Å²) in [4.78, 5) is 3.85. The first-order chi connectivity index (χ1) is 11.8. The van der Waals surface area contributed by atoms with Crippen molar-refractivity contribution in [2.24, 2.45) is 16.5 Å². The van der Waals surface area contributed by atoms with Crippen molar-refractivity contribution < 1.29 is 19.1 Å². The molecule has 1 unspecified atom stereocenters. The summed E-state index contributed by atoms with van der Waals surface area (Å²) in [5, 5.41) is 28.5. The van der Waals surface area contributed by atoms with E-state index in [1.165, 1.54) is 23.4 Å². The third-order valence-corrected chi connectivity index (χ3v) is 4.92. The van der Waals surface area contributed by atoms with Gasteiger partial charge in [0.2, 0.25) is 0 Å². The van der Waals surface area contributed by atoms with Gasteiger partial charge in [-0.1, -0.05) is 25.1 Å². The third kappa shape index (κ3) is 2.80. The highest BCUT2D eigenvalue weighted by atomic mass is 19.1. The molecular weight excluding hydrogens is 330 g/mol. The molecule has 1 aliphatic rings. The van der Waals surface area contributed by atoms with Gasteiger partial charge in [-0.15, -0.1) is 0 Å². The molecule has 3 rings (SSSR count). The first-order valence-corrected chi connectivity index (χ1v) is 8.07. The molecule has 1 aliphatic carbocycles. The molecular formula is C17H20F2N4O2. The summed E-state index contributed by atoms with van der Waals surface area (Å²) in [6, 6.07) is 3.08. The summed E-state index contributed by atoms with van der Waals surface area (Å²) in [5.74, 6) is -1.73. The highest BCUT2D eigenvalue weighted by molar-refractivity contribution is 5.95. The number of aliphatic hydroxyl groups is 1. The SMILES string of the molecule is CC(C)C(=NO)C1(C(O)(Cn2cncn2)c2ccc(F)cc2F)CC1. The van der Waals surface area contributed by atoms with Gasteiger partial charge in [0.25, 0.3) is 0 Å². The molecule has 0 spiro atoms. The minimum atomic E-state index is -1.76. The molecule has 2 aromatic rings.